The van der Waals surface area contributed by atoms with Crippen molar-refractivity contribution in [1.29, 1.82) is 0 Å². The van der Waals surface area contributed by atoms with Crippen molar-refractivity contribution in [2.24, 2.45) is 13.0 Å². The van der Waals surface area contributed by atoms with Gasteiger partial charge in [-0.15, -0.1) is 0 Å². The second-order valence-electron chi connectivity index (χ2n) is 4.62. The molecule has 0 fully saturated rings. The van der Waals surface area contributed by atoms with Gasteiger partial charge in [-0.2, -0.15) is 5.10 Å². The first kappa shape index (κ1) is 13.4. The summed E-state index contributed by atoms with van der Waals surface area (Å²) in [6.07, 6.45) is 2.10. The van der Waals surface area contributed by atoms with Crippen molar-refractivity contribution in [2.45, 2.75) is 40.0 Å². The molecule has 0 atom stereocenters. The summed E-state index contributed by atoms with van der Waals surface area (Å²) >= 11 is 3.47. The fourth-order valence-electron chi connectivity index (χ4n) is 1.60. The van der Waals surface area contributed by atoms with Gasteiger partial charge < -0.3 is 0 Å². The van der Waals surface area contributed by atoms with Gasteiger partial charge in [-0.05, 0) is 35.2 Å². The van der Waals surface area contributed by atoms with Crippen LogP contribution in [0, 0.1) is 12.8 Å². The molecule has 0 aromatic carbocycles. The Morgan fingerprint density at radius 2 is 2.12 bits per heavy atom. The van der Waals surface area contributed by atoms with Gasteiger partial charge in [-0.1, -0.05) is 13.8 Å². The highest BCUT2D eigenvalue weighted by atomic mass is 79.9. The van der Waals surface area contributed by atoms with Crippen LogP contribution in [0.2, 0.25) is 0 Å². The van der Waals surface area contributed by atoms with Gasteiger partial charge in [0.25, 0.3) is 0 Å². The minimum Gasteiger partial charge on any atom is -0.299 e. The van der Waals surface area contributed by atoms with E-state index in [1.54, 1.807) is 4.68 Å². The van der Waals surface area contributed by atoms with Crippen LogP contribution in [0.4, 0.5) is 0 Å². The minimum atomic E-state index is 0.289. The molecule has 0 saturated heterocycles. The molecule has 0 aliphatic rings. The van der Waals surface area contributed by atoms with Crippen LogP contribution in [0.15, 0.2) is 4.47 Å². The fourth-order valence-corrected chi connectivity index (χ4v) is 2.07. The number of halogens is 1. The maximum Gasteiger partial charge on any atom is 0.138 e. The third-order valence-corrected chi connectivity index (χ3v) is 3.66. The summed E-state index contributed by atoms with van der Waals surface area (Å²) in [5.41, 5.74) is 1.92. The Bertz CT molecular complexity index is 383. The molecule has 1 rings (SSSR count). The van der Waals surface area contributed by atoms with Gasteiger partial charge in [0, 0.05) is 19.9 Å². The lowest BCUT2D eigenvalue weighted by atomic mass is 10.0. The zero-order chi connectivity index (χ0) is 12.3. The molecular weight excluding hydrogens is 268 g/mol. The molecule has 1 heterocycles. The highest BCUT2D eigenvalue weighted by Gasteiger charge is 2.14. The maximum absolute atomic E-state index is 11.8. The first-order chi connectivity index (χ1) is 7.41. The van der Waals surface area contributed by atoms with Crippen molar-refractivity contribution in [3.63, 3.8) is 0 Å². The molecule has 0 bridgehead atoms. The molecule has 0 spiro atoms. The fraction of sp³-hybridized carbons (Fsp3) is 0.667. The molecule has 0 unspecified atom stereocenters. The van der Waals surface area contributed by atoms with E-state index in [4.69, 9.17) is 0 Å². The van der Waals surface area contributed by atoms with Crippen molar-refractivity contribution >= 4 is 21.7 Å². The normalized spacial score (nSPS) is 11.1. The SMILES string of the molecule is Cc1nn(C)c(CC(=O)CCC(C)C)c1Br. The number of hydrogen-bond donors (Lipinski definition) is 0. The van der Waals surface area contributed by atoms with Crippen LogP contribution in [0.25, 0.3) is 0 Å². The first-order valence-electron chi connectivity index (χ1n) is 5.61. The quantitative estimate of drug-likeness (QED) is 0.834. The zero-order valence-corrected chi connectivity index (χ0v) is 12.0. The average Bonchev–Trinajstić information content (AvgIpc) is 2.42. The predicted molar refractivity (Wildman–Crippen MR) is 68.4 cm³/mol. The number of aryl methyl sites for hydroxylation is 2. The molecule has 3 nitrogen and oxygen atoms in total. The summed E-state index contributed by atoms with van der Waals surface area (Å²) in [5, 5.41) is 4.28. The highest BCUT2D eigenvalue weighted by Crippen LogP contribution is 2.21. The minimum absolute atomic E-state index is 0.289. The number of aromatic nitrogens is 2. The number of Topliss-reactive ketones (excluding diaryl/α,β-unsaturated/α-hetero) is 1. The number of nitrogens with zero attached hydrogens (tertiary/aromatic N) is 2. The van der Waals surface area contributed by atoms with Crippen LogP contribution < -0.4 is 0 Å². The third kappa shape index (κ3) is 3.44. The van der Waals surface area contributed by atoms with Crippen molar-refractivity contribution < 1.29 is 4.79 Å². The molecule has 90 valence electrons. The van der Waals surface area contributed by atoms with Crippen LogP contribution in [-0.4, -0.2) is 15.6 Å². The monoisotopic (exact) mass is 286 g/mol. The van der Waals surface area contributed by atoms with Gasteiger partial charge in [0.2, 0.25) is 0 Å². The van der Waals surface area contributed by atoms with E-state index in [1.807, 2.05) is 14.0 Å². The Hall–Kier alpha value is -0.640. The van der Waals surface area contributed by atoms with Gasteiger partial charge in [-0.3, -0.25) is 9.48 Å². The van der Waals surface area contributed by atoms with Crippen molar-refractivity contribution in [1.82, 2.24) is 9.78 Å². The lowest BCUT2D eigenvalue weighted by Crippen LogP contribution is -2.08. The summed E-state index contributed by atoms with van der Waals surface area (Å²) in [5.74, 6) is 0.873. The van der Waals surface area contributed by atoms with E-state index in [9.17, 15) is 4.79 Å². The molecule has 0 radical (unpaired) electrons. The molecule has 0 N–H and O–H groups in total. The molecule has 0 saturated carbocycles. The number of hydrogen-bond acceptors (Lipinski definition) is 2. The van der Waals surface area contributed by atoms with E-state index >= 15 is 0 Å². The van der Waals surface area contributed by atoms with Crippen LogP contribution in [-0.2, 0) is 18.3 Å². The second-order valence-corrected chi connectivity index (χ2v) is 5.41. The van der Waals surface area contributed by atoms with Crippen LogP contribution in [0.1, 0.15) is 38.1 Å². The summed E-state index contributed by atoms with van der Waals surface area (Å²) in [6.45, 7) is 6.21. The molecule has 0 aliphatic heterocycles. The lowest BCUT2D eigenvalue weighted by molar-refractivity contribution is -0.118. The van der Waals surface area contributed by atoms with Crippen molar-refractivity contribution in [2.75, 3.05) is 0 Å². The summed E-state index contributed by atoms with van der Waals surface area (Å²) in [6, 6.07) is 0. The molecule has 1 aromatic heterocycles. The highest BCUT2D eigenvalue weighted by molar-refractivity contribution is 9.10. The Labute approximate surface area is 105 Å². The van der Waals surface area contributed by atoms with Crippen LogP contribution in [0.3, 0.4) is 0 Å². The Balaban J connectivity index is 2.63. The van der Waals surface area contributed by atoms with Crippen LogP contribution in [0.5, 0.6) is 0 Å². The largest absolute Gasteiger partial charge is 0.299 e. The third-order valence-electron chi connectivity index (χ3n) is 2.63. The average molecular weight is 287 g/mol. The van der Waals surface area contributed by atoms with Gasteiger partial charge in [0.05, 0.1) is 15.9 Å². The number of carbonyl (C=O) groups is 1. The Kier molecular flexibility index (Phi) is 4.71. The van der Waals surface area contributed by atoms with E-state index < -0.39 is 0 Å². The van der Waals surface area contributed by atoms with E-state index in [0.29, 0.717) is 18.8 Å². The molecule has 4 heteroatoms. The summed E-state index contributed by atoms with van der Waals surface area (Å²) in [4.78, 5) is 11.8. The van der Waals surface area contributed by atoms with Gasteiger partial charge in [0.15, 0.2) is 0 Å². The van der Waals surface area contributed by atoms with E-state index in [0.717, 1.165) is 22.3 Å². The smallest absolute Gasteiger partial charge is 0.138 e. The molecule has 1 aromatic rings. The van der Waals surface area contributed by atoms with Gasteiger partial charge in [0.1, 0.15) is 5.78 Å². The topological polar surface area (TPSA) is 34.9 Å². The lowest BCUT2D eigenvalue weighted by Gasteiger charge is -2.05. The molecule has 0 amide bonds. The molecule has 0 aliphatic carbocycles. The van der Waals surface area contributed by atoms with Crippen molar-refractivity contribution in [3.8, 4) is 0 Å². The zero-order valence-electron chi connectivity index (χ0n) is 10.4. The van der Waals surface area contributed by atoms with E-state index in [-0.39, 0.29) is 5.78 Å². The summed E-state index contributed by atoms with van der Waals surface area (Å²) in [7, 11) is 1.88. The van der Waals surface area contributed by atoms with Gasteiger partial charge >= 0.3 is 0 Å². The Morgan fingerprint density at radius 3 is 2.56 bits per heavy atom. The predicted octanol–water partition coefficient (Wildman–Crippen LogP) is 3.04. The maximum atomic E-state index is 11.8. The summed E-state index contributed by atoms with van der Waals surface area (Å²) < 4.78 is 2.75. The Morgan fingerprint density at radius 1 is 1.50 bits per heavy atom. The number of carbonyl (C=O) groups excluding carboxylic acids is 1. The van der Waals surface area contributed by atoms with E-state index in [1.165, 1.54) is 0 Å². The van der Waals surface area contributed by atoms with E-state index in [2.05, 4.69) is 34.9 Å². The number of rotatable bonds is 5. The molecule has 16 heavy (non-hydrogen) atoms. The standard InChI is InChI=1S/C12H19BrN2O/c1-8(2)5-6-10(16)7-11-12(13)9(3)14-15(11)4/h8H,5-7H2,1-4H3. The first-order valence-corrected chi connectivity index (χ1v) is 6.40. The number of ketones is 1. The van der Waals surface area contributed by atoms with Crippen LogP contribution >= 0.6 is 15.9 Å². The van der Waals surface area contributed by atoms with Crippen molar-refractivity contribution in [3.05, 3.63) is 15.9 Å². The van der Waals surface area contributed by atoms with Gasteiger partial charge in [-0.25, -0.2) is 0 Å². The molecular formula is C12H19BrN2O. The second kappa shape index (κ2) is 5.62.